The van der Waals surface area contributed by atoms with Gasteiger partial charge in [-0.1, -0.05) is 66.7 Å². The number of ether oxygens (including phenoxy) is 1. The summed E-state index contributed by atoms with van der Waals surface area (Å²) in [5, 5.41) is 16.0. The van der Waals surface area contributed by atoms with Crippen molar-refractivity contribution in [1.82, 2.24) is 4.57 Å². The van der Waals surface area contributed by atoms with E-state index in [-0.39, 0.29) is 12.5 Å². The Hall–Kier alpha value is -4.09. The van der Waals surface area contributed by atoms with Gasteiger partial charge in [-0.3, -0.25) is 4.79 Å². The first kappa shape index (κ1) is 20.8. The second-order valence-corrected chi connectivity index (χ2v) is 7.93. The molecule has 5 nitrogen and oxygen atoms in total. The van der Waals surface area contributed by atoms with Crippen LogP contribution in [0.15, 0.2) is 103 Å². The van der Waals surface area contributed by atoms with E-state index in [0.717, 1.165) is 21.8 Å². The highest BCUT2D eigenvalue weighted by Gasteiger charge is 2.16. The number of hydrogen-bond donors (Lipinski definition) is 2. The van der Waals surface area contributed by atoms with Crippen LogP contribution in [0.2, 0.25) is 0 Å². The van der Waals surface area contributed by atoms with Crippen LogP contribution >= 0.6 is 0 Å². The third-order valence-electron chi connectivity index (χ3n) is 5.67. The van der Waals surface area contributed by atoms with Crippen molar-refractivity contribution >= 4 is 33.4 Å². The van der Waals surface area contributed by atoms with Gasteiger partial charge in [0.15, 0.2) is 0 Å². The number of aliphatic hydroxyl groups is 1. The zero-order valence-electron chi connectivity index (χ0n) is 18.0. The van der Waals surface area contributed by atoms with Crippen molar-refractivity contribution in [3.05, 3.63) is 109 Å². The summed E-state index contributed by atoms with van der Waals surface area (Å²) in [6, 6.07) is 32.7. The quantitative estimate of drug-likeness (QED) is 0.355. The third-order valence-corrected chi connectivity index (χ3v) is 5.67. The van der Waals surface area contributed by atoms with E-state index in [1.165, 1.54) is 0 Å². The minimum absolute atomic E-state index is 0.0659. The normalized spacial score (nSPS) is 12.0. The van der Waals surface area contributed by atoms with Crippen LogP contribution in [0, 0.1) is 0 Å². The molecule has 1 heterocycles. The van der Waals surface area contributed by atoms with Crippen molar-refractivity contribution < 1.29 is 14.6 Å². The van der Waals surface area contributed by atoms with Gasteiger partial charge in [0, 0.05) is 27.5 Å². The van der Waals surface area contributed by atoms with Gasteiger partial charge in [-0.05, 0) is 36.4 Å². The molecule has 5 rings (SSSR count). The Bertz CT molecular complexity index is 1360. The van der Waals surface area contributed by atoms with Crippen molar-refractivity contribution in [2.24, 2.45) is 0 Å². The Morgan fingerprint density at radius 1 is 0.788 bits per heavy atom. The first-order chi connectivity index (χ1) is 16.2. The summed E-state index contributed by atoms with van der Waals surface area (Å²) in [6.45, 7) is 0.447. The van der Waals surface area contributed by atoms with Crippen LogP contribution in [0.3, 0.4) is 0 Å². The van der Waals surface area contributed by atoms with Crippen molar-refractivity contribution in [2.45, 2.75) is 12.6 Å². The molecule has 1 aromatic heterocycles. The van der Waals surface area contributed by atoms with Crippen LogP contribution in [-0.2, 0) is 6.54 Å². The number of rotatable bonds is 7. The number of benzene rings is 4. The lowest BCUT2D eigenvalue weighted by Crippen LogP contribution is -2.24. The summed E-state index contributed by atoms with van der Waals surface area (Å²) in [5.74, 6) is 0.181. The number of anilines is 1. The fourth-order valence-corrected chi connectivity index (χ4v) is 4.15. The standard InChI is InChI=1S/C28H24N2O3/c31-21(18-30-25-15-7-4-12-22(25)23-13-5-8-16-26(23)30)19-33-27-17-9-6-14-24(27)28(32)29-20-10-2-1-3-11-20/h1-17,21,31H,18-19H2,(H,29,32)/t21-/m1/s1. The van der Waals surface area contributed by atoms with Gasteiger partial charge in [-0.15, -0.1) is 0 Å². The summed E-state index contributed by atoms with van der Waals surface area (Å²) in [6.07, 6.45) is -0.755. The number of fused-ring (bicyclic) bond motifs is 3. The van der Waals surface area contributed by atoms with Gasteiger partial charge in [0.2, 0.25) is 0 Å². The highest BCUT2D eigenvalue weighted by molar-refractivity contribution is 6.08. The molecule has 0 aliphatic heterocycles. The van der Waals surface area contributed by atoms with Gasteiger partial charge in [0.05, 0.1) is 12.1 Å². The van der Waals surface area contributed by atoms with Crippen LogP contribution in [0.25, 0.3) is 21.8 Å². The fourth-order valence-electron chi connectivity index (χ4n) is 4.15. The monoisotopic (exact) mass is 436 g/mol. The molecule has 0 unspecified atom stereocenters. The van der Waals surface area contributed by atoms with Gasteiger partial charge < -0.3 is 19.7 Å². The van der Waals surface area contributed by atoms with Crippen molar-refractivity contribution in [3.63, 3.8) is 0 Å². The first-order valence-electron chi connectivity index (χ1n) is 10.9. The Balaban J connectivity index is 1.32. The van der Waals surface area contributed by atoms with Crippen LogP contribution in [-0.4, -0.2) is 28.3 Å². The number of nitrogens with zero attached hydrogens (tertiary/aromatic N) is 1. The molecule has 33 heavy (non-hydrogen) atoms. The van der Waals surface area contributed by atoms with E-state index in [0.29, 0.717) is 23.5 Å². The second kappa shape index (κ2) is 9.18. The number of nitrogens with one attached hydrogen (secondary N) is 1. The first-order valence-corrected chi connectivity index (χ1v) is 10.9. The number of aliphatic hydroxyl groups excluding tert-OH is 1. The molecule has 5 aromatic rings. The molecule has 2 N–H and O–H groups in total. The number of amides is 1. The molecule has 0 aliphatic carbocycles. The summed E-state index contributed by atoms with van der Waals surface area (Å²) < 4.78 is 8.02. The van der Waals surface area contributed by atoms with Crippen LogP contribution in [0.1, 0.15) is 10.4 Å². The van der Waals surface area contributed by atoms with E-state index in [2.05, 4.69) is 34.1 Å². The molecule has 0 aliphatic rings. The average molecular weight is 437 g/mol. The highest BCUT2D eigenvalue weighted by atomic mass is 16.5. The summed E-state index contributed by atoms with van der Waals surface area (Å²) in [4.78, 5) is 12.8. The van der Waals surface area contributed by atoms with Gasteiger partial charge in [-0.2, -0.15) is 0 Å². The number of carbonyl (C=O) groups is 1. The minimum Gasteiger partial charge on any atom is -0.490 e. The van der Waals surface area contributed by atoms with Crippen molar-refractivity contribution in [2.75, 3.05) is 11.9 Å². The Morgan fingerprint density at radius 3 is 2.06 bits per heavy atom. The predicted molar refractivity (Wildman–Crippen MR) is 132 cm³/mol. The molecule has 0 bridgehead atoms. The van der Waals surface area contributed by atoms with Crippen molar-refractivity contribution in [1.29, 1.82) is 0 Å². The molecule has 1 amide bonds. The Kier molecular flexibility index (Phi) is 5.79. The van der Waals surface area contributed by atoms with Gasteiger partial charge >= 0.3 is 0 Å². The molecule has 0 radical (unpaired) electrons. The summed E-state index contributed by atoms with van der Waals surface area (Å²) in [7, 11) is 0. The molecule has 1 atom stereocenters. The number of aromatic nitrogens is 1. The molecule has 164 valence electrons. The minimum atomic E-state index is -0.755. The lowest BCUT2D eigenvalue weighted by molar-refractivity contribution is 0.0915. The van der Waals surface area contributed by atoms with E-state index in [4.69, 9.17) is 4.74 Å². The number of para-hydroxylation sites is 4. The third kappa shape index (κ3) is 4.31. The van der Waals surface area contributed by atoms with E-state index >= 15 is 0 Å². The molecular formula is C28H24N2O3. The van der Waals surface area contributed by atoms with Gasteiger partial charge in [-0.25, -0.2) is 0 Å². The fraction of sp³-hybridized carbons (Fsp3) is 0.107. The van der Waals surface area contributed by atoms with Crippen molar-refractivity contribution in [3.8, 4) is 5.75 Å². The predicted octanol–water partition coefficient (Wildman–Crippen LogP) is 5.49. The zero-order valence-corrected chi connectivity index (χ0v) is 18.0. The topological polar surface area (TPSA) is 63.5 Å². The van der Waals surface area contributed by atoms with Gasteiger partial charge in [0.1, 0.15) is 18.5 Å². The summed E-state index contributed by atoms with van der Waals surface area (Å²) in [5.41, 5.74) is 3.27. The number of hydrogen-bond acceptors (Lipinski definition) is 3. The average Bonchev–Trinajstić information content (AvgIpc) is 3.17. The lowest BCUT2D eigenvalue weighted by atomic mass is 10.2. The van der Waals surface area contributed by atoms with E-state index in [1.54, 1.807) is 18.2 Å². The Morgan fingerprint density at radius 2 is 1.36 bits per heavy atom. The molecule has 5 heteroatoms. The maximum atomic E-state index is 12.8. The van der Waals surface area contributed by atoms with Crippen LogP contribution < -0.4 is 10.1 Å². The maximum absolute atomic E-state index is 12.8. The lowest BCUT2D eigenvalue weighted by Gasteiger charge is -2.17. The van der Waals surface area contributed by atoms with E-state index < -0.39 is 6.10 Å². The molecule has 0 spiro atoms. The highest BCUT2D eigenvalue weighted by Crippen LogP contribution is 2.29. The zero-order chi connectivity index (χ0) is 22.6. The van der Waals surface area contributed by atoms with Gasteiger partial charge in [0.25, 0.3) is 5.91 Å². The Labute approximate surface area is 191 Å². The molecule has 4 aromatic carbocycles. The van der Waals surface area contributed by atoms with Crippen LogP contribution in [0.5, 0.6) is 5.75 Å². The largest absolute Gasteiger partial charge is 0.490 e. The SMILES string of the molecule is O=C(Nc1ccccc1)c1ccccc1OC[C@H](O)Cn1c2ccccc2c2ccccc21. The molecule has 0 fully saturated rings. The molecule has 0 saturated carbocycles. The van der Waals surface area contributed by atoms with E-state index in [9.17, 15) is 9.90 Å². The summed E-state index contributed by atoms with van der Waals surface area (Å²) >= 11 is 0. The molecular weight excluding hydrogens is 412 g/mol. The molecule has 0 saturated heterocycles. The second-order valence-electron chi connectivity index (χ2n) is 7.93. The van der Waals surface area contributed by atoms with E-state index in [1.807, 2.05) is 60.7 Å². The number of carbonyl (C=O) groups excluding carboxylic acids is 1. The maximum Gasteiger partial charge on any atom is 0.259 e. The smallest absolute Gasteiger partial charge is 0.259 e. The van der Waals surface area contributed by atoms with Crippen LogP contribution in [0.4, 0.5) is 5.69 Å².